The fraction of sp³-hybridized carbons (Fsp3) is 0.409. The second-order valence-corrected chi connectivity index (χ2v) is 9.24. The summed E-state index contributed by atoms with van der Waals surface area (Å²) in [7, 11) is 0. The van der Waals surface area contributed by atoms with E-state index in [0.29, 0.717) is 24.0 Å². The monoisotopic (exact) mass is 426 g/mol. The third-order valence-electron chi connectivity index (χ3n) is 5.59. The van der Waals surface area contributed by atoms with E-state index in [4.69, 9.17) is 26.1 Å². The molecule has 0 fully saturated rings. The molecule has 30 heavy (non-hydrogen) atoms. The minimum atomic E-state index is -0.190. The van der Waals surface area contributed by atoms with E-state index in [9.17, 15) is 4.79 Å². The van der Waals surface area contributed by atoms with Gasteiger partial charge in [0.2, 0.25) is 6.79 Å². The number of halogens is 1. The largest absolute Gasteiger partial charge is 0.454 e. The van der Waals surface area contributed by atoms with Gasteiger partial charge in [0, 0.05) is 48.5 Å². The first-order valence-electron chi connectivity index (χ1n) is 10.0. The van der Waals surface area contributed by atoms with Crippen molar-refractivity contribution in [2.45, 2.75) is 45.7 Å². The molecule has 1 N–H and O–H groups in total. The summed E-state index contributed by atoms with van der Waals surface area (Å²) < 4.78 is 10.9. The van der Waals surface area contributed by atoms with Gasteiger partial charge in [-0.3, -0.25) is 9.69 Å². The summed E-state index contributed by atoms with van der Waals surface area (Å²) in [6.07, 6.45) is 0.736. The van der Waals surface area contributed by atoms with Crippen LogP contribution in [0.4, 0.5) is 0 Å². The number of nitrogens with one attached hydrogen (secondary N) is 1. The van der Waals surface area contributed by atoms with E-state index in [1.54, 1.807) is 0 Å². The fourth-order valence-electron chi connectivity index (χ4n) is 3.91. The van der Waals surface area contributed by atoms with Crippen LogP contribution in [0.2, 0.25) is 5.15 Å². The summed E-state index contributed by atoms with van der Waals surface area (Å²) in [5, 5.41) is 1.41. The fourth-order valence-corrected chi connectivity index (χ4v) is 4.11. The summed E-state index contributed by atoms with van der Waals surface area (Å²) in [6.45, 7) is 8.32. The number of H-pyrrole nitrogens is 1. The summed E-state index contributed by atoms with van der Waals surface area (Å²) >= 11 is 6.49. The summed E-state index contributed by atoms with van der Waals surface area (Å²) in [6, 6.07) is 5.81. The summed E-state index contributed by atoms with van der Waals surface area (Å²) in [4.78, 5) is 27.1. The Morgan fingerprint density at radius 2 is 1.93 bits per heavy atom. The van der Waals surface area contributed by atoms with Crippen LogP contribution in [0.25, 0.3) is 10.9 Å². The van der Waals surface area contributed by atoms with Gasteiger partial charge >= 0.3 is 0 Å². The third kappa shape index (κ3) is 3.42. The Labute approximate surface area is 179 Å². The van der Waals surface area contributed by atoms with Gasteiger partial charge in [-0.15, -0.1) is 0 Å². The van der Waals surface area contributed by atoms with Crippen molar-refractivity contribution in [1.29, 1.82) is 0 Å². The van der Waals surface area contributed by atoms with Gasteiger partial charge in [0.1, 0.15) is 11.0 Å². The Morgan fingerprint density at radius 1 is 1.17 bits per heavy atom. The first-order chi connectivity index (χ1) is 14.3. The van der Waals surface area contributed by atoms with Crippen LogP contribution in [0.15, 0.2) is 23.0 Å². The van der Waals surface area contributed by atoms with Gasteiger partial charge in [0.05, 0.1) is 16.8 Å². The van der Waals surface area contributed by atoms with Crippen LogP contribution >= 0.6 is 11.6 Å². The average molecular weight is 427 g/mol. The van der Waals surface area contributed by atoms with E-state index < -0.39 is 0 Å². The molecule has 0 saturated heterocycles. The van der Waals surface area contributed by atoms with E-state index in [1.165, 1.54) is 0 Å². The molecule has 2 aromatic heterocycles. The van der Waals surface area contributed by atoms with Crippen molar-refractivity contribution in [3.05, 3.63) is 56.4 Å². The number of hydrogen-bond donors (Lipinski definition) is 1. The molecule has 1 aromatic carbocycles. The molecule has 8 heteroatoms. The van der Waals surface area contributed by atoms with Crippen LogP contribution in [0.3, 0.4) is 0 Å². The van der Waals surface area contributed by atoms with Crippen LogP contribution in [0, 0.1) is 0 Å². The van der Waals surface area contributed by atoms with E-state index >= 15 is 0 Å². The number of rotatable bonds is 2. The van der Waals surface area contributed by atoms with Gasteiger partial charge in [-0.2, -0.15) is 0 Å². The van der Waals surface area contributed by atoms with E-state index in [0.717, 1.165) is 52.3 Å². The Kier molecular flexibility index (Phi) is 4.48. The van der Waals surface area contributed by atoms with Crippen molar-refractivity contribution in [3.63, 3.8) is 0 Å². The maximum absolute atomic E-state index is 12.7. The summed E-state index contributed by atoms with van der Waals surface area (Å²) in [5.41, 5.74) is 3.09. The number of benzene rings is 1. The Balaban J connectivity index is 1.42. The van der Waals surface area contributed by atoms with Crippen LogP contribution in [0.5, 0.6) is 11.5 Å². The van der Waals surface area contributed by atoms with Crippen LogP contribution in [-0.2, 0) is 24.9 Å². The zero-order valence-corrected chi connectivity index (χ0v) is 18.0. The predicted octanol–water partition coefficient (Wildman–Crippen LogP) is 3.56. The molecule has 2 aliphatic heterocycles. The first-order valence-corrected chi connectivity index (χ1v) is 10.4. The molecule has 0 radical (unpaired) electrons. The lowest BCUT2D eigenvalue weighted by Gasteiger charge is -2.29. The molecule has 3 aromatic rings. The number of pyridine rings is 1. The number of aromatic amines is 1. The lowest BCUT2D eigenvalue weighted by molar-refractivity contribution is 0.174. The molecule has 5 rings (SSSR count). The second kappa shape index (κ2) is 6.96. The van der Waals surface area contributed by atoms with Crippen molar-refractivity contribution >= 4 is 22.5 Å². The van der Waals surface area contributed by atoms with E-state index in [2.05, 4.69) is 14.9 Å². The SMILES string of the molecule is CC(C)(C)c1nc2c(c(=O)[nH]1)CN(Cc1cc3cc4c(cc3nc1Cl)OCO4)CC2. The van der Waals surface area contributed by atoms with Gasteiger partial charge in [0.15, 0.2) is 11.5 Å². The molecule has 4 heterocycles. The number of ether oxygens (including phenoxy) is 2. The standard InChI is InChI=1S/C22H23ClN4O3/c1-22(2,3)21-25-15-4-5-27(10-14(15)20(28)26-21)9-13-6-12-7-17-18(30-11-29-17)8-16(12)24-19(13)23/h6-8H,4-5,9-11H2,1-3H3,(H,25,26,28). The molecule has 156 valence electrons. The Bertz CT molecular complexity index is 1220. The zero-order chi connectivity index (χ0) is 21.0. The minimum Gasteiger partial charge on any atom is -0.454 e. The van der Waals surface area contributed by atoms with Crippen molar-refractivity contribution in [2.75, 3.05) is 13.3 Å². The molecule has 0 unspecified atom stereocenters. The molecule has 0 atom stereocenters. The maximum Gasteiger partial charge on any atom is 0.255 e. The highest BCUT2D eigenvalue weighted by Crippen LogP contribution is 2.36. The maximum atomic E-state index is 12.7. The predicted molar refractivity (Wildman–Crippen MR) is 114 cm³/mol. The smallest absolute Gasteiger partial charge is 0.255 e. The third-order valence-corrected chi connectivity index (χ3v) is 5.91. The normalized spacial score (nSPS) is 16.1. The van der Waals surface area contributed by atoms with Gasteiger partial charge < -0.3 is 14.5 Å². The van der Waals surface area contributed by atoms with Crippen molar-refractivity contribution in [2.24, 2.45) is 0 Å². The molecule has 0 spiro atoms. The molecule has 0 bridgehead atoms. The highest BCUT2D eigenvalue weighted by Gasteiger charge is 2.25. The van der Waals surface area contributed by atoms with Crippen LogP contribution < -0.4 is 15.0 Å². The quantitative estimate of drug-likeness (QED) is 0.631. The number of fused-ring (bicyclic) bond motifs is 3. The Hall–Kier alpha value is -2.64. The lowest BCUT2D eigenvalue weighted by Crippen LogP contribution is -2.37. The number of hydrogen-bond acceptors (Lipinski definition) is 6. The molecular weight excluding hydrogens is 404 g/mol. The lowest BCUT2D eigenvalue weighted by atomic mass is 9.95. The highest BCUT2D eigenvalue weighted by molar-refractivity contribution is 6.30. The van der Waals surface area contributed by atoms with Crippen LogP contribution in [0.1, 0.15) is 43.4 Å². The summed E-state index contributed by atoms with van der Waals surface area (Å²) in [5.74, 6) is 2.14. The van der Waals surface area contributed by atoms with E-state index in [1.807, 2.05) is 39.0 Å². The van der Waals surface area contributed by atoms with E-state index in [-0.39, 0.29) is 17.8 Å². The number of nitrogens with zero attached hydrogens (tertiary/aromatic N) is 3. The van der Waals surface area contributed by atoms with Crippen LogP contribution in [-0.4, -0.2) is 33.2 Å². The average Bonchev–Trinajstić information content (AvgIpc) is 3.13. The minimum absolute atomic E-state index is 0.0509. The molecule has 0 aliphatic carbocycles. The molecule has 7 nitrogen and oxygen atoms in total. The van der Waals surface area contributed by atoms with Gasteiger partial charge in [0.25, 0.3) is 5.56 Å². The molecular formula is C22H23ClN4O3. The van der Waals surface area contributed by atoms with Gasteiger partial charge in [-0.25, -0.2) is 9.97 Å². The second-order valence-electron chi connectivity index (χ2n) is 8.89. The number of aromatic nitrogens is 3. The Morgan fingerprint density at radius 3 is 2.70 bits per heavy atom. The topological polar surface area (TPSA) is 80.3 Å². The van der Waals surface area contributed by atoms with Crippen molar-refractivity contribution in [1.82, 2.24) is 19.9 Å². The van der Waals surface area contributed by atoms with Crippen molar-refractivity contribution < 1.29 is 9.47 Å². The highest BCUT2D eigenvalue weighted by atomic mass is 35.5. The van der Waals surface area contributed by atoms with Crippen molar-refractivity contribution in [3.8, 4) is 11.5 Å². The molecule has 2 aliphatic rings. The zero-order valence-electron chi connectivity index (χ0n) is 17.2. The molecule has 0 amide bonds. The van der Waals surface area contributed by atoms with Gasteiger partial charge in [-0.1, -0.05) is 32.4 Å². The first kappa shape index (κ1) is 19.3. The van der Waals surface area contributed by atoms with Gasteiger partial charge in [-0.05, 0) is 12.1 Å². The molecule has 0 saturated carbocycles.